The van der Waals surface area contributed by atoms with Gasteiger partial charge in [0.25, 0.3) is 5.91 Å². The number of nitrogens with zero attached hydrogens (tertiary/aromatic N) is 1. The highest BCUT2D eigenvalue weighted by Crippen LogP contribution is 2.24. The van der Waals surface area contributed by atoms with Crippen LogP contribution < -0.4 is 10.9 Å². The first-order valence-electron chi connectivity index (χ1n) is 9.44. The molecule has 0 saturated carbocycles. The Morgan fingerprint density at radius 1 is 1.17 bits per heavy atom. The predicted molar refractivity (Wildman–Crippen MR) is 114 cm³/mol. The predicted octanol–water partition coefficient (Wildman–Crippen LogP) is 5.19. The molecule has 0 radical (unpaired) electrons. The van der Waals surface area contributed by atoms with Crippen molar-refractivity contribution in [2.24, 2.45) is 4.99 Å². The Morgan fingerprint density at radius 2 is 1.97 bits per heavy atom. The molecule has 1 amide bonds. The number of ether oxygens (including phenoxy) is 1. The van der Waals surface area contributed by atoms with Crippen molar-refractivity contribution in [3.05, 3.63) is 69.2 Å². The van der Waals surface area contributed by atoms with Gasteiger partial charge in [-0.15, -0.1) is 0 Å². The molecule has 0 bridgehead atoms. The van der Waals surface area contributed by atoms with Gasteiger partial charge in [-0.1, -0.05) is 29.3 Å². The molecular weight excluding hydrogens is 411 g/mol. The largest absolute Gasteiger partial charge is 0.438 e. The number of hydrogen-bond acceptors (Lipinski definition) is 4. The molecule has 0 aliphatic carbocycles. The molecule has 1 aliphatic rings. The normalized spacial score (nSPS) is 17.1. The number of halogens is 2. The van der Waals surface area contributed by atoms with Gasteiger partial charge >= 0.3 is 0 Å². The molecule has 0 spiro atoms. The number of amides is 1. The standard InChI is InChI=1S/C22H20Cl2N2O3/c1-13-4-5-16(24)11-19(13)26-22-18(21(27)25-12-17-3-2-8-28-17)10-14-9-15(23)6-7-20(14)29-22/h4-7,9-11,17H,2-3,8,12H2,1H3,(H,25,27)/t17-/m0/s1. The third-order valence-corrected chi connectivity index (χ3v) is 5.33. The lowest BCUT2D eigenvalue weighted by Gasteiger charge is -2.11. The smallest absolute Gasteiger partial charge is 0.256 e. The quantitative estimate of drug-likeness (QED) is 0.619. The van der Waals surface area contributed by atoms with Gasteiger partial charge in [0.05, 0.1) is 11.8 Å². The van der Waals surface area contributed by atoms with Crippen LogP contribution in [0.2, 0.25) is 10.0 Å². The number of aryl methyl sites for hydroxylation is 1. The van der Waals surface area contributed by atoms with Gasteiger partial charge < -0.3 is 14.5 Å². The van der Waals surface area contributed by atoms with E-state index >= 15 is 0 Å². The maximum atomic E-state index is 12.9. The van der Waals surface area contributed by atoms with E-state index in [1.54, 1.807) is 36.4 Å². The van der Waals surface area contributed by atoms with E-state index in [4.69, 9.17) is 32.4 Å². The summed E-state index contributed by atoms with van der Waals surface area (Å²) in [4.78, 5) is 17.5. The SMILES string of the molecule is Cc1ccc(Cl)cc1N=c1oc2ccc(Cl)cc2cc1C(=O)NC[C@@H]1CCCO1. The van der Waals surface area contributed by atoms with Gasteiger partial charge in [0, 0.05) is 28.6 Å². The molecule has 29 heavy (non-hydrogen) atoms. The Balaban J connectivity index is 1.79. The molecule has 1 aliphatic heterocycles. The zero-order chi connectivity index (χ0) is 20.4. The van der Waals surface area contributed by atoms with Crippen molar-refractivity contribution < 1.29 is 13.9 Å². The molecule has 1 saturated heterocycles. The van der Waals surface area contributed by atoms with Crippen molar-refractivity contribution in [1.82, 2.24) is 5.32 Å². The Kier molecular flexibility index (Phi) is 5.90. The highest BCUT2D eigenvalue weighted by atomic mass is 35.5. The summed E-state index contributed by atoms with van der Waals surface area (Å²) in [5.74, 6) is -0.274. The van der Waals surface area contributed by atoms with Gasteiger partial charge in [0.2, 0.25) is 5.55 Å². The molecule has 1 fully saturated rings. The minimum absolute atomic E-state index is 0.0429. The fraction of sp³-hybridized carbons (Fsp3) is 0.273. The van der Waals surface area contributed by atoms with Gasteiger partial charge in [-0.3, -0.25) is 4.79 Å². The Labute approximate surface area is 178 Å². The third-order valence-electron chi connectivity index (χ3n) is 4.86. The maximum absolute atomic E-state index is 12.9. The topological polar surface area (TPSA) is 63.8 Å². The van der Waals surface area contributed by atoms with E-state index in [0.29, 0.717) is 33.4 Å². The molecule has 1 atom stereocenters. The monoisotopic (exact) mass is 430 g/mol. The third kappa shape index (κ3) is 4.64. The lowest BCUT2D eigenvalue weighted by Crippen LogP contribution is -2.34. The lowest BCUT2D eigenvalue weighted by atomic mass is 10.1. The summed E-state index contributed by atoms with van der Waals surface area (Å²) in [5, 5.41) is 4.78. The van der Waals surface area contributed by atoms with Gasteiger partial charge in [-0.25, -0.2) is 4.99 Å². The average Bonchev–Trinajstić information content (AvgIpc) is 3.22. The molecule has 150 valence electrons. The van der Waals surface area contributed by atoms with Gasteiger partial charge in [0.15, 0.2) is 0 Å². The van der Waals surface area contributed by atoms with Crippen LogP contribution in [0.5, 0.6) is 0 Å². The lowest BCUT2D eigenvalue weighted by molar-refractivity contribution is 0.0854. The highest BCUT2D eigenvalue weighted by Gasteiger charge is 2.18. The van der Waals surface area contributed by atoms with Crippen molar-refractivity contribution in [2.75, 3.05) is 13.2 Å². The van der Waals surface area contributed by atoms with E-state index in [2.05, 4.69) is 10.3 Å². The number of benzene rings is 2. The number of rotatable bonds is 4. The molecule has 5 nitrogen and oxygen atoms in total. The number of fused-ring (bicyclic) bond motifs is 1. The van der Waals surface area contributed by atoms with Crippen molar-refractivity contribution >= 4 is 45.8 Å². The maximum Gasteiger partial charge on any atom is 0.256 e. The minimum Gasteiger partial charge on any atom is -0.438 e. The summed E-state index contributed by atoms with van der Waals surface area (Å²) in [6, 6.07) is 12.4. The molecule has 7 heteroatoms. The van der Waals surface area contributed by atoms with Crippen molar-refractivity contribution in [2.45, 2.75) is 25.9 Å². The van der Waals surface area contributed by atoms with E-state index in [1.807, 2.05) is 13.0 Å². The second-order valence-electron chi connectivity index (χ2n) is 7.04. The summed E-state index contributed by atoms with van der Waals surface area (Å²) in [7, 11) is 0. The van der Waals surface area contributed by atoms with Crippen LogP contribution >= 0.6 is 23.2 Å². The van der Waals surface area contributed by atoms with E-state index in [0.717, 1.165) is 30.4 Å². The summed E-state index contributed by atoms with van der Waals surface area (Å²) in [5.41, 5.74) is 2.70. The molecule has 4 rings (SSSR count). The zero-order valence-electron chi connectivity index (χ0n) is 15.9. The summed E-state index contributed by atoms with van der Waals surface area (Å²) in [6.07, 6.45) is 2.00. The summed E-state index contributed by atoms with van der Waals surface area (Å²) < 4.78 is 11.6. The number of hydrogen-bond donors (Lipinski definition) is 1. The number of nitrogens with one attached hydrogen (secondary N) is 1. The fourth-order valence-electron chi connectivity index (χ4n) is 3.27. The summed E-state index contributed by atoms with van der Waals surface area (Å²) in [6.45, 7) is 3.11. The molecule has 1 N–H and O–H groups in total. The molecule has 2 aromatic carbocycles. The Bertz CT molecular complexity index is 1130. The van der Waals surface area contributed by atoms with Crippen molar-refractivity contribution in [3.8, 4) is 0 Å². The average molecular weight is 431 g/mol. The van der Waals surface area contributed by atoms with E-state index < -0.39 is 0 Å². The van der Waals surface area contributed by atoms with Crippen LogP contribution in [0.25, 0.3) is 11.0 Å². The zero-order valence-corrected chi connectivity index (χ0v) is 17.4. The molecule has 2 heterocycles. The second kappa shape index (κ2) is 8.57. The van der Waals surface area contributed by atoms with Crippen LogP contribution in [0.15, 0.2) is 51.9 Å². The first kappa shape index (κ1) is 20.0. The van der Waals surface area contributed by atoms with Crippen molar-refractivity contribution in [1.29, 1.82) is 0 Å². The Hall–Kier alpha value is -2.34. The van der Waals surface area contributed by atoms with Crippen LogP contribution in [0.4, 0.5) is 5.69 Å². The van der Waals surface area contributed by atoms with Crippen LogP contribution in [-0.2, 0) is 4.74 Å². The van der Waals surface area contributed by atoms with Crippen LogP contribution in [0.1, 0.15) is 28.8 Å². The van der Waals surface area contributed by atoms with Gasteiger partial charge in [0.1, 0.15) is 11.1 Å². The number of carbonyl (C=O) groups excluding carboxylic acids is 1. The highest BCUT2D eigenvalue weighted by molar-refractivity contribution is 6.31. The van der Waals surface area contributed by atoms with E-state index in [1.165, 1.54) is 0 Å². The first-order chi connectivity index (χ1) is 14.0. The first-order valence-corrected chi connectivity index (χ1v) is 10.2. The fourth-order valence-corrected chi connectivity index (χ4v) is 3.61. The molecule has 3 aromatic rings. The molecule has 1 aromatic heterocycles. The molecule has 0 unspecified atom stereocenters. The van der Waals surface area contributed by atoms with Crippen molar-refractivity contribution in [3.63, 3.8) is 0 Å². The summed E-state index contributed by atoms with van der Waals surface area (Å²) >= 11 is 12.2. The van der Waals surface area contributed by atoms with E-state index in [-0.39, 0.29) is 17.6 Å². The van der Waals surface area contributed by atoms with Gasteiger partial charge in [-0.05, 0) is 61.7 Å². The molecular formula is C22H20Cl2N2O3. The van der Waals surface area contributed by atoms with E-state index in [9.17, 15) is 4.79 Å². The Morgan fingerprint density at radius 3 is 2.76 bits per heavy atom. The van der Waals surface area contributed by atoms with Crippen LogP contribution in [-0.4, -0.2) is 25.2 Å². The minimum atomic E-state index is -0.274. The number of carbonyl (C=O) groups is 1. The van der Waals surface area contributed by atoms with Crippen LogP contribution in [0.3, 0.4) is 0 Å². The van der Waals surface area contributed by atoms with Gasteiger partial charge in [-0.2, -0.15) is 0 Å². The van der Waals surface area contributed by atoms with Crippen LogP contribution in [0, 0.1) is 6.92 Å². The second-order valence-corrected chi connectivity index (χ2v) is 7.91.